The zero-order chi connectivity index (χ0) is 15.2. The molecular formula is C17H19BrO3. The van der Waals surface area contributed by atoms with E-state index in [4.69, 9.17) is 9.47 Å². The Morgan fingerprint density at radius 1 is 1.14 bits per heavy atom. The number of ether oxygens (including phenoxy) is 2. The second-order valence-electron chi connectivity index (χ2n) is 4.76. The fourth-order valence-corrected chi connectivity index (χ4v) is 2.59. The molecule has 0 aromatic heterocycles. The summed E-state index contributed by atoms with van der Waals surface area (Å²) in [7, 11) is 0. The van der Waals surface area contributed by atoms with Gasteiger partial charge in [0.25, 0.3) is 0 Å². The molecule has 0 unspecified atom stereocenters. The number of aliphatic hydroxyl groups excluding tert-OH is 1. The Kier molecular flexibility index (Phi) is 5.65. The topological polar surface area (TPSA) is 38.7 Å². The maximum absolute atomic E-state index is 9.64. The molecule has 2 aromatic rings. The van der Waals surface area contributed by atoms with E-state index < -0.39 is 6.10 Å². The lowest BCUT2D eigenvalue weighted by atomic mass is 10.1. The minimum atomic E-state index is -0.520. The largest absolute Gasteiger partial charge is 0.490 e. The third-order valence-electron chi connectivity index (χ3n) is 2.96. The van der Waals surface area contributed by atoms with Crippen LogP contribution in [0.3, 0.4) is 0 Å². The molecule has 0 amide bonds. The lowest BCUT2D eigenvalue weighted by Gasteiger charge is -2.13. The molecule has 0 aliphatic rings. The molecule has 2 rings (SSSR count). The van der Waals surface area contributed by atoms with Crippen LogP contribution >= 0.6 is 15.9 Å². The lowest BCUT2D eigenvalue weighted by Crippen LogP contribution is -1.97. The summed E-state index contributed by atoms with van der Waals surface area (Å²) in [6, 6.07) is 13.1. The van der Waals surface area contributed by atoms with Crippen molar-refractivity contribution < 1.29 is 14.6 Å². The highest BCUT2D eigenvalue weighted by Crippen LogP contribution is 2.34. The molecule has 0 spiro atoms. The van der Waals surface area contributed by atoms with Crippen LogP contribution in [-0.4, -0.2) is 11.7 Å². The SMILES string of the molecule is CCCOc1ccccc1Oc1ccc([C@@H](C)O)c(Br)c1. The fraction of sp³-hybridized carbons (Fsp3) is 0.294. The van der Waals surface area contributed by atoms with E-state index >= 15 is 0 Å². The zero-order valence-corrected chi connectivity index (χ0v) is 13.8. The Balaban J connectivity index is 2.20. The number of halogens is 1. The van der Waals surface area contributed by atoms with Crippen molar-refractivity contribution in [2.45, 2.75) is 26.4 Å². The van der Waals surface area contributed by atoms with Gasteiger partial charge in [-0.2, -0.15) is 0 Å². The van der Waals surface area contributed by atoms with E-state index in [0.29, 0.717) is 18.1 Å². The van der Waals surface area contributed by atoms with Gasteiger partial charge in [0.15, 0.2) is 11.5 Å². The summed E-state index contributed by atoms with van der Waals surface area (Å²) in [6.07, 6.45) is 0.428. The summed E-state index contributed by atoms with van der Waals surface area (Å²) < 4.78 is 12.4. The van der Waals surface area contributed by atoms with Crippen LogP contribution < -0.4 is 9.47 Å². The Morgan fingerprint density at radius 3 is 2.48 bits per heavy atom. The normalized spacial score (nSPS) is 12.0. The first kappa shape index (κ1) is 15.9. The van der Waals surface area contributed by atoms with E-state index in [1.165, 1.54) is 0 Å². The van der Waals surface area contributed by atoms with E-state index in [-0.39, 0.29) is 0 Å². The molecule has 0 saturated carbocycles. The van der Waals surface area contributed by atoms with Gasteiger partial charge < -0.3 is 14.6 Å². The predicted molar refractivity (Wildman–Crippen MR) is 87.1 cm³/mol. The first-order chi connectivity index (χ1) is 10.1. The summed E-state index contributed by atoms with van der Waals surface area (Å²) in [5, 5.41) is 9.64. The highest BCUT2D eigenvalue weighted by Gasteiger charge is 2.09. The molecule has 4 heteroatoms. The maximum atomic E-state index is 9.64. The summed E-state index contributed by atoms with van der Waals surface area (Å²) in [6.45, 7) is 4.45. The number of hydrogen-bond donors (Lipinski definition) is 1. The molecule has 112 valence electrons. The molecule has 0 radical (unpaired) electrons. The van der Waals surface area contributed by atoms with Gasteiger partial charge in [-0.3, -0.25) is 0 Å². The van der Waals surface area contributed by atoms with Crippen molar-refractivity contribution in [1.29, 1.82) is 0 Å². The Hall–Kier alpha value is -1.52. The summed E-state index contributed by atoms with van der Waals surface area (Å²) in [5.41, 5.74) is 0.831. The van der Waals surface area contributed by atoms with Crippen LogP contribution in [0, 0.1) is 0 Å². The van der Waals surface area contributed by atoms with Gasteiger partial charge in [0.05, 0.1) is 12.7 Å². The zero-order valence-electron chi connectivity index (χ0n) is 12.2. The molecule has 3 nitrogen and oxygen atoms in total. The van der Waals surface area contributed by atoms with Gasteiger partial charge in [-0.25, -0.2) is 0 Å². The van der Waals surface area contributed by atoms with E-state index in [2.05, 4.69) is 22.9 Å². The molecule has 21 heavy (non-hydrogen) atoms. The monoisotopic (exact) mass is 350 g/mol. The smallest absolute Gasteiger partial charge is 0.169 e. The van der Waals surface area contributed by atoms with Crippen molar-refractivity contribution in [1.82, 2.24) is 0 Å². The molecule has 0 aliphatic heterocycles. The highest BCUT2D eigenvalue weighted by molar-refractivity contribution is 9.10. The third-order valence-corrected chi connectivity index (χ3v) is 3.65. The van der Waals surface area contributed by atoms with E-state index in [9.17, 15) is 5.11 Å². The van der Waals surface area contributed by atoms with Gasteiger partial charge in [-0.15, -0.1) is 0 Å². The van der Waals surface area contributed by atoms with Gasteiger partial charge in [0.2, 0.25) is 0 Å². The van der Waals surface area contributed by atoms with Crippen LogP contribution in [0.4, 0.5) is 0 Å². The molecule has 0 heterocycles. The Bertz CT molecular complexity index is 596. The van der Waals surface area contributed by atoms with Crippen molar-refractivity contribution in [3.63, 3.8) is 0 Å². The second kappa shape index (κ2) is 7.48. The average Bonchev–Trinajstić information content (AvgIpc) is 2.46. The first-order valence-electron chi connectivity index (χ1n) is 6.99. The lowest BCUT2D eigenvalue weighted by molar-refractivity contribution is 0.198. The number of para-hydroxylation sites is 2. The summed E-state index contributed by atoms with van der Waals surface area (Å²) in [4.78, 5) is 0. The van der Waals surface area contributed by atoms with Gasteiger partial charge in [0.1, 0.15) is 5.75 Å². The molecule has 2 aromatic carbocycles. The minimum absolute atomic E-state index is 0.520. The van der Waals surface area contributed by atoms with Crippen molar-refractivity contribution in [2.75, 3.05) is 6.61 Å². The number of aliphatic hydroxyl groups is 1. The predicted octanol–water partition coefficient (Wildman–Crippen LogP) is 5.08. The molecule has 0 aliphatic carbocycles. The third kappa shape index (κ3) is 4.22. The van der Waals surface area contributed by atoms with Gasteiger partial charge in [-0.05, 0) is 43.2 Å². The van der Waals surface area contributed by atoms with Crippen LogP contribution in [-0.2, 0) is 0 Å². The van der Waals surface area contributed by atoms with E-state index in [1.807, 2.05) is 42.5 Å². The van der Waals surface area contributed by atoms with Crippen molar-refractivity contribution >= 4 is 15.9 Å². The number of rotatable bonds is 6. The average molecular weight is 351 g/mol. The molecule has 1 N–H and O–H groups in total. The molecule has 0 saturated heterocycles. The first-order valence-corrected chi connectivity index (χ1v) is 7.78. The van der Waals surface area contributed by atoms with Crippen LogP contribution in [0.15, 0.2) is 46.9 Å². The van der Waals surface area contributed by atoms with Crippen molar-refractivity contribution in [3.8, 4) is 17.2 Å². The number of hydrogen-bond acceptors (Lipinski definition) is 3. The van der Waals surface area contributed by atoms with E-state index in [1.54, 1.807) is 6.92 Å². The second-order valence-corrected chi connectivity index (χ2v) is 5.61. The van der Waals surface area contributed by atoms with Crippen molar-refractivity contribution in [2.24, 2.45) is 0 Å². The maximum Gasteiger partial charge on any atom is 0.169 e. The fourth-order valence-electron chi connectivity index (χ4n) is 1.90. The van der Waals surface area contributed by atoms with Gasteiger partial charge in [-0.1, -0.05) is 41.1 Å². The summed E-state index contributed by atoms with van der Waals surface area (Å²) >= 11 is 3.45. The van der Waals surface area contributed by atoms with Crippen LogP contribution in [0.1, 0.15) is 31.9 Å². The summed E-state index contributed by atoms with van der Waals surface area (Å²) in [5.74, 6) is 2.11. The van der Waals surface area contributed by atoms with Crippen LogP contribution in [0.2, 0.25) is 0 Å². The standard InChI is InChI=1S/C17H19BrO3/c1-3-10-20-16-6-4-5-7-17(16)21-13-8-9-14(12(2)19)15(18)11-13/h4-9,11-12,19H,3,10H2,1-2H3/t12-/m1/s1. The van der Waals surface area contributed by atoms with Crippen molar-refractivity contribution in [3.05, 3.63) is 52.5 Å². The van der Waals surface area contributed by atoms with Crippen LogP contribution in [0.5, 0.6) is 17.2 Å². The molecule has 1 atom stereocenters. The Labute approximate surface area is 133 Å². The Morgan fingerprint density at radius 2 is 1.86 bits per heavy atom. The molecular weight excluding hydrogens is 332 g/mol. The van der Waals surface area contributed by atoms with Gasteiger partial charge in [0, 0.05) is 4.47 Å². The molecule has 0 bridgehead atoms. The van der Waals surface area contributed by atoms with E-state index in [0.717, 1.165) is 22.2 Å². The number of benzene rings is 2. The van der Waals surface area contributed by atoms with Crippen LogP contribution in [0.25, 0.3) is 0 Å². The molecule has 0 fully saturated rings. The van der Waals surface area contributed by atoms with Gasteiger partial charge >= 0.3 is 0 Å². The quantitative estimate of drug-likeness (QED) is 0.788. The minimum Gasteiger partial charge on any atom is -0.490 e. The highest BCUT2D eigenvalue weighted by atomic mass is 79.9.